The molecule has 7 heteroatoms. The summed E-state index contributed by atoms with van der Waals surface area (Å²) in [6, 6.07) is 18.6. The van der Waals surface area contributed by atoms with Crippen LogP contribution in [0.3, 0.4) is 0 Å². The van der Waals surface area contributed by atoms with Crippen LogP contribution in [-0.4, -0.2) is 56.4 Å². The smallest absolute Gasteiger partial charge is 0.328 e. The molecule has 0 N–H and O–H groups in total. The number of carbonyl (C=O) groups is 2. The maximum atomic E-state index is 14.1. The van der Waals surface area contributed by atoms with Gasteiger partial charge in [0.15, 0.2) is 0 Å². The summed E-state index contributed by atoms with van der Waals surface area (Å²) >= 11 is 1.69. The van der Waals surface area contributed by atoms with E-state index >= 15 is 0 Å². The van der Waals surface area contributed by atoms with Crippen LogP contribution in [0.5, 0.6) is 0 Å². The lowest BCUT2D eigenvalue weighted by atomic mass is 9.77. The summed E-state index contributed by atoms with van der Waals surface area (Å²) in [4.78, 5) is 35.1. The molecular formula is C27H30N4O2S. The van der Waals surface area contributed by atoms with Crippen LogP contribution in [0.15, 0.2) is 66.2 Å². The van der Waals surface area contributed by atoms with Crippen molar-refractivity contribution in [2.24, 2.45) is 13.0 Å². The number of hydrogen-bond acceptors (Lipinski definition) is 4. The number of carbonyl (C=O) groups excluding carboxylic acids is 2. The van der Waals surface area contributed by atoms with E-state index in [-0.39, 0.29) is 29.8 Å². The van der Waals surface area contributed by atoms with E-state index in [0.717, 1.165) is 24.4 Å². The van der Waals surface area contributed by atoms with Gasteiger partial charge in [-0.05, 0) is 35.6 Å². The third kappa shape index (κ3) is 2.96. The van der Waals surface area contributed by atoms with Crippen molar-refractivity contribution in [3.63, 3.8) is 0 Å². The van der Waals surface area contributed by atoms with Crippen molar-refractivity contribution >= 4 is 23.3 Å². The number of likely N-dealkylation sites (tertiary alicyclic amines) is 1. The fourth-order valence-corrected chi connectivity index (χ4v) is 7.46. The zero-order valence-corrected chi connectivity index (χ0v) is 20.4. The number of benzene rings is 1. The molecule has 176 valence electrons. The number of imide groups is 1. The first-order chi connectivity index (χ1) is 16.6. The molecule has 3 amide bonds. The maximum absolute atomic E-state index is 14.1. The van der Waals surface area contributed by atoms with Crippen molar-refractivity contribution in [2.45, 2.75) is 37.4 Å². The Morgan fingerprint density at radius 3 is 2.56 bits per heavy atom. The third-order valence-electron chi connectivity index (χ3n) is 7.97. The molecular weight excluding hydrogens is 444 g/mol. The van der Waals surface area contributed by atoms with Crippen molar-refractivity contribution in [1.82, 2.24) is 19.3 Å². The Bertz CT molecular complexity index is 1210. The lowest BCUT2D eigenvalue weighted by molar-refractivity contribution is -0.133. The van der Waals surface area contributed by atoms with Gasteiger partial charge >= 0.3 is 6.03 Å². The number of thiophene rings is 1. The van der Waals surface area contributed by atoms with Gasteiger partial charge in [-0.2, -0.15) is 0 Å². The summed E-state index contributed by atoms with van der Waals surface area (Å²) in [5.41, 5.74) is 1.62. The minimum absolute atomic E-state index is 0.00119. The van der Waals surface area contributed by atoms with Crippen LogP contribution in [0.2, 0.25) is 0 Å². The highest BCUT2D eigenvalue weighted by atomic mass is 32.1. The summed E-state index contributed by atoms with van der Waals surface area (Å²) in [7, 11) is 2.06. The Balaban J connectivity index is 1.48. The monoisotopic (exact) mass is 474 g/mol. The number of amides is 3. The van der Waals surface area contributed by atoms with Crippen LogP contribution in [0.25, 0.3) is 0 Å². The van der Waals surface area contributed by atoms with Crippen LogP contribution in [0.1, 0.15) is 41.4 Å². The first-order valence-corrected chi connectivity index (χ1v) is 13.0. The topological polar surface area (TPSA) is 48.8 Å². The number of aryl methyl sites for hydroxylation is 1. The molecule has 3 fully saturated rings. The predicted octanol–water partition coefficient (Wildman–Crippen LogP) is 4.47. The lowest BCUT2D eigenvalue weighted by Gasteiger charge is -2.32. The van der Waals surface area contributed by atoms with Crippen molar-refractivity contribution in [1.29, 1.82) is 0 Å². The van der Waals surface area contributed by atoms with Crippen LogP contribution >= 0.6 is 11.3 Å². The molecule has 0 radical (unpaired) electrons. The molecule has 0 saturated carbocycles. The molecule has 1 spiro atoms. The van der Waals surface area contributed by atoms with E-state index in [0.29, 0.717) is 13.1 Å². The van der Waals surface area contributed by atoms with E-state index in [1.807, 2.05) is 17.9 Å². The molecule has 0 aliphatic carbocycles. The predicted molar refractivity (Wildman–Crippen MR) is 132 cm³/mol. The van der Waals surface area contributed by atoms with Gasteiger partial charge in [-0.3, -0.25) is 19.5 Å². The van der Waals surface area contributed by atoms with Gasteiger partial charge in [0.1, 0.15) is 5.54 Å². The van der Waals surface area contributed by atoms with Gasteiger partial charge in [0.25, 0.3) is 5.91 Å². The van der Waals surface area contributed by atoms with Gasteiger partial charge in [0.2, 0.25) is 0 Å². The Labute approximate surface area is 204 Å². The average molecular weight is 475 g/mol. The van der Waals surface area contributed by atoms with E-state index in [1.165, 1.54) is 16.2 Å². The minimum Gasteiger partial charge on any atom is -0.353 e. The highest BCUT2D eigenvalue weighted by Gasteiger charge is 2.73. The molecule has 4 atom stereocenters. The van der Waals surface area contributed by atoms with Gasteiger partial charge in [0, 0.05) is 61.8 Å². The van der Waals surface area contributed by atoms with Gasteiger partial charge in [-0.25, -0.2) is 4.79 Å². The number of urea groups is 1. The van der Waals surface area contributed by atoms with Crippen molar-refractivity contribution in [2.75, 3.05) is 19.6 Å². The summed E-state index contributed by atoms with van der Waals surface area (Å²) in [6.45, 7) is 4.66. The molecule has 3 aromatic rings. The molecule has 6 nitrogen and oxygen atoms in total. The number of rotatable bonds is 6. The van der Waals surface area contributed by atoms with Crippen molar-refractivity contribution in [3.05, 3.63) is 82.3 Å². The summed E-state index contributed by atoms with van der Waals surface area (Å²) in [5.74, 6) is 0.120. The van der Waals surface area contributed by atoms with Crippen LogP contribution in [-0.2, 0) is 18.4 Å². The zero-order chi connectivity index (χ0) is 23.4. The molecule has 0 unspecified atom stereocenters. The standard InChI is InChI=1S/C27H30N4O2S/c1-3-13-30-25(32)27-18-29(16-20-11-7-14-28(20)2)17-21(27)23(19-9-5-4-6-10-19)24(31(27)26(30)33)22-12-8-15-34-22/h4-12,14-15,21,23-24H,3,13,16-18H2,1-2H3/t21-,23-,24-,27-/m1/s1. The first kappa shape index (κ1) is 21.6. The fraction of sp³-hybridized carbons (Fsp3) is 0.407. The second kappa shape index (κ2) is 8.10. The summed E-state index contributed by atoms with van der Waals surface area (Å²) < 4.78 is 2.14. The molecule has 34 heavy (non-hydrogen) atoms. The second-order valence-electron chi connectivity index (χ2n) is 9.82. The van der Waals surface area contributed by atoms with Gasteiger partial charge in [0.05, 0.1) is 6.04 Å². The normalized spacial score (nSPS) is 28.7. The SMILES string of the molecule is CCCN1C(=O)N2[C@H](c3cccs3)[C@H](c3ccccc3)[C@H]3CN(Cc4cccn4C)C[C@]32C1=O. The van der Waals surface area contributed by atoms with Gasteiger partial charge < -0.3 is 4.57 Å². The quantitative estimate of drug-likeness (QED) is 0.496. The van der Waals surface area contributed by atoms with Gasteiger partial charge in [-0.15, -0.1) is 11.3 Å². The Hall–Kier alpha value is -2.90. The molecule has 1 aromatic carbocycles. The number of aromatic nitrogens is 1. The van der Waals surface area contributed by atoms with Gasteiger partial charge in [-0.1, -0.05) is 43.3 Å². The highest BCUT2D eigenvalue weighted by molar-refractivity contribution is 7.10. The third-order valence-corrected chi connectivity index (χ3v) is 8.91. The fourth-order valence-electron chi connectivity index (χ4n) is 6.60. The van der Waals surface area contributed by atoms with Crippen LogP contribution in [0.4, 0.5) is 4.79 Å². The van der Waals surface area contributed by atoms with E-state index in [9.17, 15) is 9.59 Å². The molecule has 3 aliphatic heterocycles. The molecule has 3 saturated heterocycles. The van der Waals surface area contributed by atoms with E-state index in [2.05, 4.69) is 76.6 Å². The molecule has 5 heterocycles. The number of nitrogens with zero attached hydrogens (tertiary/aromatic N) is 4. The zero-order valence-electron chi connectivity index (χ0n) is 19.6. The summed E-state index contributed by atoms with van der Waals surface area (Å²) in [5, 5.41) is 2.08. The van der Waals surface area contributed by atoms with E-state index in [1.54, 1.807) is 11.3 Å². The van der Waals surface area contributed by atoms with Crippen molar-refractivity contribution < 1.29 is 9.59 Å². The lowest BCUT2D eigenvalue weighted by Crippen LogP contribution is -2.51. The summed E-state index contributed by atoms with van der Waals surface area (Å²) in [6.07, 6.45) is 2.83. The van der Waals surface area contributed by atoms with Crippen LogP contribution in [0, 0.1) is 5.92 Å². The average Bonchev–Trinajstić information content (AvgIpc) is 3.63. The Morgan fingerprint density at radius 2 is 1.88 bits per heavy atom. The molecule has 3 aliphatic rings. The first-order valence-electron chi connectivity index (χ1n) is 12.1. The highest BCUT2D eigenvalue weighted by Crippen LogP contribution is 2.61. The van der Waals surface area contributed by atoms with Crippen LogP contribution < -0.4 is 0 Å². The molecule has 6 rings (SSSR count). The van der Waals surface area contributed by atoms with Crippen molar-refractivity contribution in [3.8, 4) is 0 Å². The number of hydrogen-bond donors (Lipinski definition) is 0. The van der Waals surface area contributed by atoms with E-state index < -0.39 is 5.54 Å². The second-order valence-corrected chi connectivity index (χ2v) is 10.8. The largest absolute Gasteiger partial charge is 0.353 e. The molecule has 0 bridgehead atoms. The minimum atomic E-state index is -0.813. The Morgan fingerprint density at radius 1 is 1.06 bits per heavy atom. The Kier molecular flexibility index (Phi) is 5.15. The maximum Gasteiger partial charge on any atom is 0.328 e. The molecule has 2 aromatic heterocycles. The van der Waals surface area contributed by atoms with E-state index in [4.69, 9.17) is 0 Å².